The number of carboxylic acid groups (broad SMARTS) is 1. The highest BCUT2D eigenvalue weighted by Gasteiger charge is 2.58. The summed E-state index contributed by atoms with van der Waals surface area (Å²) in [6, 6.07) is 0.322. The van der Waals surface area contributed by atoms with Gasteiger partial charge in [-0.05, 0) is 13.0 Å². The van der Waals surface area contributed by atoms with Crippen LogP contribution in [0.15, 0.2) is 17.1 Å². The third kappa shape index (κ3) is 3.84. The molecule has 1 atom stereocenters. The molecule has 13 nitrogen and oxygen atoms in total. The van der Waals surface area contributed by atoms with Gasteiger partial charge in [0, 0.05) is 19.2 Å². The minimum absolute atomic E-state index is 0.0446. The van der Waals surface area contributed by atoms with Crippen LogP contribution in [0.5, 0.6) is 5.75 Å². The average molecular weight is 496 g/mol. The van der Waals surface area contributed by atoms with Crippen molar-refractivity contribution < 1.29 is 52.8 Å². The highest BCUT2D eigenvalue weighted by Crippen LogP contribution is 2.68. The first-order valence-corrected chi connectivity index (χ1v) is 12.2. The molecular formula is C16H19FN2O11P2. The van der Waals surface area contributed by atoms with E-state index in [-0.39, 0.29) is 23.3 Å². The van der Waals surface area contributed by atoms with E-state index in [1.54, 1.807) is 6.92 Å². The zero-order chi connectivity index (χ0) is 24.2. The third-order valence-electron chi connectivity index (χ3n) is 5.09. The number of hydrogen-bond acceptors (Lipinski definition) is 7. The van der Waals surface area contributed by atoms with Crippen molar-refractivity contribution in [3.8, 4) is 5.75 Å². The fourth-order valence-corrected chi connectivity index (χ4v) is 5.52. The van der Waals surface area contributed by atoms with E-state index in [4.69, 9.17) is 4.74 Å². The summed E-state index contributed by atoms with van der Waals surface area (Å²) < 4.78 is 44.7. The van der Waals surface area contributed by atoms with Gasteiger partial charge in [-0.15, -0.1) is 0 Å². The second kappa shape index (κ2) is 7.92. The molecular weight excluding hydrogens is 477 g/mol. The van der Waals surface area contributed by atoms with E-state index < -0.39 is 67.7 Å². The molecule has 1 unspecified atom stereocenters. The standard InChI is InChI=1S/C16H19FN2O11P2/c1-7-6-30-14-11(18-3-2-16(23,31(24,25)26)32(27,28)29)10(17)4-8-12(14)19(7)5-9(13(8)20)15(21)22/h4-5,7,18,23H,2-3,6H2,1H3,(H,21,22)(H2,24,25,26)(H2,27,28,29). The molecule has 1 aromatic carbocycles. The lowest BCUT2D eigenvalue weighted by Crippen LogP contribution is -2.31. The van der Waals surface area contributed by atoms with Crippen molar-refractivity contribution in [1.29, 1.82) is 0 Å². The monoisotopic (exact) mass is 496 g/mol. The Morgan fingerprint density at radius 2 is 1.91 bits per heavy atom. The zero-order valence-electron chi connectivity index (χ0n) is 16.3. The van der Waals surface area contributed by atoms with Crippen molar-refractivity contribution in [2.75, 3.05) is 18.5 Å². The van der Waals surface area contributed by atoms with Crippen molar-refractivity contribution in [2.24, 2.45) is 0 Å². The Balaban J connectivity index is 2.08. The lowest BCUT2D eigenvalue weighted by molar-refractivity contribution is 0.0694. The first kappa shape index (κ1) is 24.3. The summed E-state index contributed by atoms with van der Waals surface area (Å²) in [6.45, 7) is 0.907. The highest BCUT2D eigenvalue weighted by molar-refractivity contribution is 7.72. The summed E-state index contributed by atoms with van der Waals surface area (Å²) in [6.07, 6.45) is -0.0781. The van der Waals surface area contributed by atoms with Crippen LogP contribution in [0.2, 0.25) is 0 Å². The molecule has 0 aliphatic carbocycles. The molecule has 1 aliphatic heterocycles. The molecule has 2 aromatic rings. The Labute approximate surface area is 178 Å². The Morgan fingerprint density at radius 3 is 2.44 bits per heavy atom. The van der Waals surface area contributed by atoms with Crippen molar-refractivity contribution in [1.82, 2.24) is 4.57 Å². The second-order valence-electron chi connectivity index (χ2n) is 7.24. The van der Waals surface area contributed by atoms with E-state index in [1.807, 2.05) is 0 Å². The minimum Gasteiger partial charge on any atom is -0.487 e. The number of ether oxygens (including phenoxy) is 1. The van der Waals surface area contributed by atoms with Gasteiger partial charge in [-0.3, -0.25) is 13.9 Å². The number of aromatic carboxylic acids is 1. The fourth-order valence-electron chi connectivity index (χ4n) is 3.36. The first-order chi connectivity index (χ1) is 14.6. The van der Waals surface area contributed by atoms with E-state index in [9.17, 15) is 52.9 Å². The Hall–Kier alpha value is -2.31. The average Bonchev–Trinajstić information content (AvgIpc) is 2.65. The van der Waals surface area contributed by atoms with Gasteiger partial charge in [0.2, 0.25) is 5.43 Å². The van der Waals surface area contributed by atoms with Gasteiger partial charge in [0.05, 0.1) is 16.9 Å². The van der Waals surface area contributed by atoms with Crippen LogP contribution in [0, 0.1) is 5.82 Å². The van der Waals surface area contributed by atoms with Crippen LogP contribution in [0.4, 0.5) is 10.1 Å². The number of pyridine rings is 1. The summed E-state index contributed by atoms with van der Waals surface area (Å²) in [5, 5.41) is 17.6. The Kier molecular flexibility index (Phi) is 6.03. The maximum atomic E-state index is 14.8. The zero-order valence-corrected chi connectivity index (χ0v) is 18.1. The van der Waals surface area contributed by atoms with Crippen LogP contribution in [-0.4, -0.2) is 58.6 Å². The number of halogens is 1. The number of nitrogens with one attached hydrogen (secondary N) is 1. The normalized spacial score (nSPS) is 16.7. The van der Waals surface area contributed by atoms with Gasteiger partial charge in [-0.1, -0.05) is 0 Å². The van der Waals surface area contributed by atoms with Crippen molar-refractivity contribution in [3.63, 3.8) is 0 Å². The number of hydrogen-bond donors (Lipinski definition) is 7. The van der Waals surface area contributed by atoms with Gasteiger partial charge in [0.15, 0.2) is 11.6 Å². The summed E-state index contributed by atoms with van der Waals surface area (Å²) >= 11 is 0. The van der Waals surface area contributed by atoms with E-state index in [0.717, 1.165) is 12.3 Å². The quantitative estimate of drug-likeness (QED) is 0.262. The predicted octanol–water partition coefficient (Wildman–Crippen LogP) is 0.596. The number of anilines is 1. The maximum Gasteiger partial charge on any atom is 0.369 e. The molecule has 1 aliphatic rings. The van der Waals surface area contributed by atoms with E-state index in [0.29, 0.717) is 0 Å². The number of benzene rings is 1. The van der Waals surface area contributed by atoms with Crippen LogP contribution < -0.4 is 15.5 Å². The largest absolute Gasteiger partial charge is 0.487 e. The van der Waals surface area contributed by atoms with Gasteiger partial charge in [-0.2, -0.15) is 0 Å². The minimum atomic E-state index is -5.70. The molecule has 0 spiro atoms. The molecule has 16 heteroatoms. The van der Waals surface area contributed by atoms with Gasteiger partial charge in [-0.25, -0.2) is 9.18 Å². The highest BCUT2D eigenvalue weighted by atomic mass is 31.2. The van der Waals surface area contributed by atoms with E-state index >= 15 is 0 Å². The third-order valence-corrected chi connectivity index (χ3v) is 8.97. The molecule has 0 amide bonds. The molecule has 7 N–H and O–H groups in total. The number of carboxylic acids is 1. The molecule has 2 heterocycles. The maximum absolute atomic E-state index is 14.8. The van der Waals surface area contributed by atoms with Gasteiger partial charge < -0.3 is 44.4 Å². The van der Waals surface area contributed by atoms with Crippen LogP contribution in [-0.2, 0) is 9.13 Å². The summed E-state index contributed by atoms with van der Waals surface area (Å²) in [5.41, 5.74) is -1.88. The number of nitrogens with zero attached hydrogens (tertiary/aromatic N) is 1. The lowest BCUT2D eigenvalue weighted by atomic mass is 10.1. The number of rotatable bonds is 7. The fraction of sp³-hybridized carbons (Fsp3) is 0.375. The van der Waals surface area contributed by atoms with Crippen molar-refractivity contribution >= 4 is 37.8 Å². The van der Waals surface area contributed by atoms with E-state index in [2.05, 4.69) is 5.32 Å². The molecule has 176 valence electrons. The predicted molar refractivity (Wildman–Crippen MR) is 107 cm³/mol. The number of carbonyl (C=O) groups is 1. The molecule has 1 aromatic heterocycles. The molecule has 3 rings (SSSR count). The summed E-state index contributed by atoms with van der Waals surface area (Å²) in [7, 11) is -11.4. The topological polar surface area (TPSA) is 216 Å². The van der Waals surface area contributed by atoms with Crippen LogP contribution in [0.3, 0.4) is 0 Å². The Bertz CT molecular complexity index is 1240. The lowest BCUT2D eigenvalue weighted by Gasteiger charge is -2.30. The second-order valence-corrected chi connectivity index (χ2v) is 11.3. The molecule has 32 heavy (non-hydrogen) atoms. The molecule has 0 radical (unpaired) electrons. The Morgan fingerprint density at radius 1 is 1.31 bits per heavy atom. The smallest absolute Gasteiger partial charge is 0.369 e. The van der Waals surface area contributed by atoms with Crippen LogP contribution >= 0.6 is 15.2 Å². The number of aromatic nitrogens is 1. The molecule has 0 fully saturated rings. The summed E-state index contributed by atoms with van der Waals surface area (Å²) in [5.74, 6) is -2.80. The van der Waals surface area contributed by atoms with Crippen LogP contribution in [0.1, 0.15) is 29.7 Å². The number of aliphatic hydroxyl groups is 1. The summed E-state index contributed by atoms with van der Waals surface area (Å²) in [4.78, 5) is 60.7. The van der Waals surface area contributed by atoms with Crippen molar-refractivity contribution in [3.05, 3.63) is 33.9 Å². The van der Waals surface area contributed by atoms with Gasteiger partial charge in [0.1, 0.15) is 17.9 Å². The molecule has 0 saturated carbocycles. The van der Waals surface area contributed by atoms with Gasteiger partial charge in [0.25, 0.3) is 5.08 Å². The first-order valence-electron chi connectivity index (χ1n) is 8.95. The SMILES string of the molecule is CC1COc2c(NCCC(O)(P(=O)(O)O)P(=O)(O)O)c(F)cc3c(=O)c(C(=O)O)cn1c23. The van der Waals surface area contributed by atoms with Gasteiger partial charge >= 0.3 is 21.2 Å². The molecule has 0 saturated heterocycles. The van der Waals surface area contributed by atoms with E-state index in [1.165, 1.54) is 4.57 Å². The van der Waals surface area contributed by atoms with Crippen molar-refractivity contribution in [2.45, 2.75) is 24.5 Å². The van der Waals surface area contributed by atoms with Crippen LogP contribution in [0.25, 0.3) is 10.9 Å². The molecule has 0 bridgehead atoms.